The summed E-state index contributed by atoms with van der Waals surface area (Å²) in [7, 11) is 1.45. The Balaban J connectivity index is 2.06. The van der Waals surface area contributed by atoms with Gasteiger partial charge in [-0.1, -0.05) is 12.1 Å². The molecular formula is C19H19NO5. The van der Waals surface area contributed by atoms with E-state index in [1.807, 2.05) is 0 Å². The maximum absolute atomic E-state index is 12.1. The van der Waals surface area contributed by atoms with E-state index in [4.69, 9.17) is 9.47 Å². The number of para-hydroxylation sites is 1. The highest BCUT2D eigenvalue weighted by molar-refractivity contribution is 6.04. The Morgan fingerprint density at radius 1 is 0.960 bits per heavy atom. The van der Waals surface area contributed by atoms with Crippen LogP contribution in [0.2, 0.25) is 0 Å². The summed E-state index contributed by atoms with van der Waals surface area (Å²) < 4.78 is 10.6. The molecule has 6 heteroatoms. The lowest BCUT2D eigenvalue weighted by molar-refractivity contribution is -0.118. The van der Waals surface area contributed by atoms with E-state index < -0.39 is 5.91 Å². The van der Waals surface area contributed by atoms with Gasteiger partial charge in [0.25, 0.3) is 5.91 Å². The van der Waals surface area contributed by atoms with E-state index >= 15 is 0 Å². The molecule has 1 amide bonds. The van der Waals surface area contributed by atoms with Crippen molar-refractivity contribution in [3.8, 4) is 11.5 Å². The summed E-state index contributed by atoms with van der Waals surface area (Å²) in [6.07, 6.45) is 0. The predicted molar refractivity (Wildman–Crippen MR) is 93.6 cm³/mol. The summed E-state index contributed by atoms with van der Waals surface area (Å²) in [5, 5.41) is 2.65. The zero-order valence-corrected chi connectivity index (χ0v) is 14.3. The minimum absolute atomic E-state index is 0.0940. The molecule has 2 aromatic carbocycles. The zero-order chi connectivity index (χ0) is 18.4. The third-order valence-corrected chi connectivity index (χ3v) is 3.51. The second-order valence-corrected chi connectivity index (χ2v) is 5.36. The Bertz CT molecular complexity index is 813. The molecule has 0 aliphatic carbocycles. The molecule has 0 saturated carbocycles. The van der Waals surface area contributed by atoms with Gasteiger partial charge < -0.3 is 14.8 Å². The highest BCUT2D eigenvalue weighted by Gasteiger charge is 2.12. The first-order valence-electron chi connectivity index (χ1n) is 7.64. The number of anilines is 1. The fraction of sp³-hybridized carbons (Fsp3) is 0.211. The molecule has 0 fully saturated rings. The van der Waals surface area contributed by atoms with E-state index in [0.717, 1.165) is 0 Å². The van der Waals surface area contributed by atoms with E-state index in [0.29, 0.717) is 28.3 Å². The summed E-state index contributed by atoms with van der Waals surface area (Å²) in [6, 6.07) is 11.5. The highest BCUT2D eigenvalue weighted by Crippen LogP contribution is 2.28. The second kappa shape index (κ2) is 8.10. The number of carbonyl (C=O) groups is 3. The molecule has 0 unspecified atom stereocenters. The summed E-state index contributed by atoms with van der Waals surface area (Å²) in [5.41, 5.74) is 1.35. The topological polar surface area (TPSA) is 81.7 Å². The number of amides is 1. The van der Waals surface area contributed by atoms with Crippen molar-refractivity contribution in [3.63, 3.8) is 0 Å². The van der Waals surface area contributed by atoms with Crippen LogP contribution in [0.25, 0.3) is 0 Å². The number of nitrogens with one attached hydrogen (secondary N) is 1. The van der Waals surface area contributed by atoms with Crippen molar-refractivity contribution in [2.24, 2.45) is 0 Å². The number of ketones is 2. The maximum Gasteiger partial charge on any atom is 0.262 e. The van der Waals surface area contributed by atoms with Crippen LogP contribution < -0.4 is 14.8 Å². The molecular weight excluding hydrogens is 322 g/mol. The molecule has 25 heavy (non-hydrogen) atoms. The largest absolute Gasteiger partial charge is 0.493 e. The molecule has 130 valence electrons. The fourth-order valence-electron chi connectivity index (χ4n) is 2.23. The van der Waals surface area contributed by atoms with Crippen molar-refractivity contribution in [2.45, 2.75) is 13.8 Å². The molecule has 2 aromatic rings. The SMILES string of the molecule is COc1cc(C(C)=O)ccc1OCC(=O)Nc1ccccc1C(C)=O. The van der Waals surface area contributed by atoms with E-state index in [-0.39, 0.29) is 18.2 Å². The molecule has 0 aliphatic rings. The average Bonchev–Trinajstić information content (AvgIpc) is 2.59. The lowest BCUT2D eigenvalue weighted by Gasteiger charge is -2.12. The van der Waals surface area contributed by atoms with Crippen molar-refractivity contribution in [1.29, 1.82) is 0 Å². The van der Waals surface area contributed by atoms with Gasteiger partial charge in [-0.25, -0.2) is 0 Å². The van der Waals surface area contributed by atoms with Gasteiger partial charge >= 0.3 is 0 Å². The average molecular weight is 341 g/mol. The van der Waals surface area contributed by atoms with Crippen molar-refractivity contribution in [2.75, 3.05) is 19.0 Å². The number of rotatable bonds is 7. The summed E-state index contributed by atoms with van der Waals surface area (Å²) in [4.78, 5) is 35.1. The summed E-state index contributed by atoms with van der Waals surface area (Å²) in [5.74, 6) is 0.0697. The van der Waals surface area contributed by atoms with Gasteiger partial charge in [0.1, 0.15) is 0 Å². The Morgan fingerprint density at radius 3 is 2.32 bits per heavy atom. The number of hydrogen-bond donors (Lipinski definition) is 1. The van der Waals surface area contributed by atoms with Gasteiger partial charge in [0, 0.05) is 11.1 Å². The van der Waals surface area contributed by atoms with Gasteiger partial charge in [0.2, 0.25) is 0 Å². The van der Waals surface area contributed by atoms with Crippen LogP contribution in [-0.2, 0) is 4.79 Å². The quantitative estimate of drug-likeness (QED) is 0.783. The minimum Gasteiger partial charge on any atom is -0.493 e. The number of carbonyl (C=O) groups excluding carboxylic acids is 3. The highest BCUT2D eigenvalue weighted by atomic mass is 16.5. The molecule has 0 saturated heterocycles. The predicted octanol–water partition coefficient (Wildman–Crippen LogP) is 3.12. The smallest absolute Gasteiger partial charge is 0.262 e. The van der Waals surface area contributed by atoms with Gasteiger partial charge in [-0.3, -0.25) is 14.4 Å². The summed E-state index contributed by atoms with van der Waals surface area (Å²) >= 11 is 0. The minimum atomic E-state index is -0.411. The number of hydrogen-bond acceptors (Lipinski definition) is 5. The summed E-state index contributed by atoms with van der Waals surface area (Å²) in [6.45, 7) is 2.63. The van der Waals surface area contributed by atoms with Crippen LogP contribution in [0.1, 0.15) is 34.6 Å². The standard InChI is InChI=1S/C19H19NO5/c1-12(21)14-8-9-17(18(10-14)24-3)25-11-19(23)20-16-7-5-4-6-15(16)13(2)22/h4-10H,11H2,1-3H3,(H,20,23). The zero-order valence-electron chi connectivity index (χ0n) is 14.3. The molecule has 1 N–H and O–H groups in total. The van der Waals surface area contributed by atoms with Crippen molar-refractivity contribution in [3.05, 3.63) is 53.6 Å². The first kappa shape index (κ1) is 18.2. The molecule has 0 radical (unpaired) electrons. The third kappa shape index (κ3) is 4.67. The molecule has 0 spiro atoms. The van der Waals surface area contributed by atoms with Gasteiger partial charge in [0.15, 0.2) is 29.7 Å². The Hall–Kier alpha value is -3.15. The number of ether oxygens (including phenoxy) is 2. The van der Waals surface area contributed by atoms with Gasteiger partial charge in [0.05, 0.1) is 12.8 Å². The normalized spacial score (nSPS) is 10.0. The first-order chi connectivity index (χ1) is 11.9. The van der Waals surface area contributed by atoms with E-state index in [1.54, 1.807) is 42.5 Å². The van der Waals surface area contributed by atoms with Crippen molar-refractivity contribution >= 4 is 23.2 Å². The van der Waals surface area contributed by atoms with Crippen LogP contribution in [0.15, 0.2) is 42.5 Å². The lowest BCUT2D eigenvalue weighted by Crippen LogP contribution is -2.21. The maximum atomic E-state index is 12.1. The Labute approximate surface area is 145 Å². The fourth-order valence-corrected chi connectivity index (χ4v) is 2.23. The number of benzene rings is 2. The molecule has 0 aromatic heterocycles. The monoisotopic (exact) mass is 341 g/mol. The van der Waals surface area contributed by atoms with Gasteiger partial charge in [-0.15, -0.1) is 0 Å². The van der Waals surface area contributed by atoms with E-state index in [9.17, 15) is 14.4 Å². The van der Waals surface area contributed by atoms with E-state index in [2.05, 4.69) is 5.32 Å². The van der Waals surface area contributed by atoms with Crippen LogP contribution in [-0.4, -0.2) is 31.2 Å². The molecule has 0 atom stereocenters. The van der Waals surface area contributed by atoms with Crippen molar-refractivity contribution in [1.82, 2.24) is 0 Å². The number of Topliss-reactive ketones (excluding diaryl/α,β-unsaturated/α-hetero) is 2. The van der Waals surface area contributed by atoms with Crippen LogP contribution in [0.5, 0.6) is 11.5 Å². The molecule has 0 bridgehead atoms. The first-order valence-corrected chi connectivity index (χ1v) is 7.64. The third-order valence-electron chi connectivity index (χ3n) is 3.51. The molecule has 6 nitrogen and oxygen atoms in total. The molecule has 0 heterocycles. The van der Waals surface area contributed by atoms with Crippen LogP contribution in [0.3, 0.4) is 0 Å². The number of methoxy groups -OCH3 is 1. The molecule has 2 rings (SSSR count). The van der Waals surface area contributed by atoms with Gasteiger partial charge in [-0.2, -0.15) is 0 Å². The van der Waals surface area contributed by atoms with Gasteiger partial charge in [-0.05, 0) is 44.2 Å². The lowest BCUT2D eigenvalue weighted by atomic mass is 10.1. The second-order valence-electron chi connectivity index (χ2n) is 5.36. The Kier molecular flexibility index (Phi) is 5.89. The van der Waals surface area contributed by atoms with Crippen LogP contribution >= 0.6 is 0 Å². The Morgan fingerprint density at radius 2 is 1.68 bits per heavy atom. The van der Waals surface area contributed by atoms with Crippen LogP contribution in [0, 0.1) is 0 Å². The molecule has 0 aliphatic heterocycles. The van der Waals surface area contributed by atoms with E-state index in [1.165, 1.54) is 21.0 Å². The van der Waals surface area contributed by atoms with Crippen LogP contribution in [0.4, 0.5) is 5.69 Å². The van der Waals surface area contributed by atoms with Crippen molar-refractivity contribution < 1.29 is 23.9 Å².